The molecule has 4 nitrogen and oxygen atoms in total. The zero-order valence-electron chi connectivity index (χ0n) is 14.9. The Balaban J connectivity index is 1.38. The Hall–Kier alpha value is -2.17. The lowest BCUT2D eigenvalue weighted by molar-refractivity contribution is 0.0564. The fourth-order valence-corrected chi connectivity index (χ4v) is 5.30. The predicted molar refractivity (Wildman–Crippen MR) is 96.6 cm³/mol. The first-order chi connectivity index (χ1) is 12.7. The van der Waals surface area contributed by atoms with Crippen LogP contribution in [0.15, 0.2) is 24.3 Å². The number of carbonyl (C=O) groups is 1. The van der Waals surface area contributed by atoms with Crippen molar-refractivity contribution in [1.82, 2.24) is 15.1 Å². The monoisotopic (exact) mass is 353 g/mol. The maximum absolute atomic E-state index is 13.3. The second-order valence-corrected chi connectivity index (χ2v) is 8.05. The Bertz CT molecular complexity index is 814. The van der Waals surface area contributed by atoms with Crippen LogP contribution in [0.3, 0.4) is 0 Å². The summed E-state index contributed by atoms with van der Waals surface area (Å²) in [6, 6.07) is 7.47. The molecule has 1 N–H and O–H groups in total. The van der Waals surface area contributed by atoms with Crippen LogP contribution in [0.4, 0.5) is 4.39 Å². The minimum absolute atomic E-state index is 0.120. The van der Waals surface area contributed by atoms with E-state index < -0.39 is 0 Å². The largest absolute Gasteiger partial charge is 0.331 e. The van der Waals surface area contributed by atoms with E-state index in [1.807, 2.05) is 12.1 Å². The molecule has 5 heteroatoms. The summed E-state index contributed by atoms with van der Waals surface area (Å²) in [7, 11) is 0. The first-order valence-corrected chi connectivity index (χ1v) is 9.85. The number of rotatable bonds is 2. The predicted octanol–water partition coefficient (Wildman–Crippen LogP) is 3.98. The van der Waals surface area contributed by atoms with Crippen LogP contribution in [0.5, 0.6) is 0 Å². The number of H-pyrrole nitrogens is 1. The second-order valence-electron chi connectivity index (χ2n) is 8.05. The van der Waals surface area contributed by atoms with Crippen LogP contribution >= 0.6 is 0 Å². The summed E-state index contributed by atoms with van der Waals surface area (Å²) < 4.78 is 13.2. The van der Waals surface area contributed by atoms with E-state index >= 15 is 0 Å². The lowest BCUT2D eigenvalue weighted by Gasteiger charge is -2.39. The molecule has 1 aromatic carbocycles. The van der Waals surface area contributed by atoms with Crippen molar-refractivity contribution in [2.45, 2.75) is 69.4 Å². The van der Waals surface area contributed by atoms with E-state index in [9.17, 15) is 9.18 Å². The van der Waals surface area contributed by atoms with Gasteiger partial charge < -0.3 is 4.90 Å². The molecular weight excluding hydrogens is 329 g/mol. The third-order valence-electron chi connectivity index (χ3n) is 6.57. The Morgan fingerprint density at radius 3 is 2.50 bits per heavy atom. The van der Waals surface area contributed by atoms with E-state index in [4.69, 9.17) is 0 Å². The van der Waals surface area contributed by atoms with Crippen LogP contribution in [0, 0.1) is 5.82 Å². The molecule has 3 aliphatic rings. The van der Waals surface area contributed by atoms with Gasteiger partial charge in [-0.25, -0.2) is 4.39 Å². The van der Waals surface area contributed by atoms with E-state index in [-0.39, 0.29) is 23.8 Å². The molecule has 0 radical (unpaired) electrons. The number of aromatic amines is 1. The van der Waals surface area contributed by atoms with Crippen molar-refractivity contribution in [2.24, 2.45) is 0 Å². The summed E-state index contributed by atoms with van der Waals surface area (Å²) in [4.78, 5) is 15.4. The molecule has 2 bridgehead atoms. The van der Waals surface area contributed by atoms with Crippen LogP contribution in [0.2, 0.25) is 0 Å². The topological polar surface area (TPSA) is 49.0 Å². The Kier molecular flexibility index (Phi) is 3.84. The van der Waals surface area contributed by atoms with Gasteiger partial charge in [0, 0.05) is 23.3 Å². The maximum Gasteiger partial charge on any atom is 0.275 e. The fourth-order valence-electron chi connectivity index (χ4n) is 5.30. The van der Waals surface area contributed by atoms with E-state index in [0.717, 1.165) is 56.2 Å². The highest BCUT2D eigenvalue weighted by atomic mass is 19.1. The van der Waals surface area contributed by atoms with Gasteiger partial charge in [-0.3, -0.25) is 9.89 Å². The number of piperidine rings is 1. The van der Waals surface area contributed by atoms with Gasteiger partial charge in [-0.2, -0.15) is 5.10 Å². The van der Waals surface area contributed by atoms with Crippen LogP contribution in [0.25, 0.3) is 0 Å². The van der Waals surface area contributed by atoms with Crippen LogP contribution in [0.1, 0.15) is 71.8 Å². The molecule has 1 amide bonds. The zero-order valence-corrected chi connectivity index (χ0v) is 14.9. The highest BCUT2D eigenvalue weighted by Gasteiger charge is 2.44. The van der Waals surface area contributed by atoms with Gasteiger partial charge in [0.05, 0.1) is 0 Å². The molecule has 1 aliphatic carbocycles. The summed E-state index contributed by atoms with van der Waals surface area (Å²) in [5.74, 6) is 0.354. The first-order valence-electron chi connectivity index (χ1n) is 9.85. The Morgan fingerprint density at radius 1 is 1.08 bits per heavy atom. The molecular formula is C21H24FN3O. The van der Waals surface area contributed by atoms with E-state index in [0.29, 0.717) is 11.6 Å². The first kappa shape index (κ1) is 16.0. The lowest BCUT2D eigenvalue weighted by atomic mass is 9.84. The summed E-state index contributed by atoms with van der Waals surface area (Å²) >= 11 is 0. The normalized spacial score (nSPS) is 27.4. The number of aryl methyl sites for hydroxylation is 1. The summed E-state index contributed by atoms with van der Waals surface area (Å²) in [6.07, 6.45) is 8.38. The molecule has 5 rings (SSSR count). The maximum atomic E-state index is 13.3. The SMILES string of the molecule is O=C(c1n[nH]c2c1CCCC2)N1[C@@H]2CC[C@@H]1CC(c1ccc(F)cc1)C2. The van der Waals surface area contributed by atoms with Gasteiger partial charge in [-0.05, 0) is 75.0 Å². The van der Waals surface area contributed by atoms with Gasteiger partial charge >= 0.3 is 0 Å². The summed E-state index contributed by atoms with van der Waals surface area (Å²) in [6.45, 7) is 0. The molecule has 0 spiro atoms. The van der Waals surface area contributed by atoms with Crippen molar-refractivity contribution in [3.05, 3.63) is 52.6 Å². The number of halogens is 1. The molecule has 2 fully saturated rings. The van der Waals surface area contributed by atoms with Gasteiger partial charge in [0.1, 0.15) is 5.82 Å². The lowest BCUT2D eigenvalue weighted by Crippen LogP contribution is -2.46. The van der Waals surface area contributed by atoms with Gasteiger partial charge in [0.15, 0.2) is 5.69 Å². The highest BCUT2D eigenvalue weighted by Crippen LogP contribution is 2.44. The Morgan fingerprint density at radius 2 is 1.77 bits per heavy atom. The van der Waals surface area contributed by atoms with Crippen molar-refractivity contribution in [2.75, 3.05) is 0 Å². The Labute approximate surface area is 152 Å². The number of benzene rings is 1. The average Bonchev–Trinajstić information content (AvgIpc) is 3.20. The van der Waals surface area contributed by atoms with Gasteiger partial charge in [-0.15, -0.1) is 0 Å². The molecule has 26 heavy (non-hydrogen) atoms. The van der Waals surface area contributed by atoms with Gasteiger partial charge in [0.25, 0.3) is 5.91 Å². The minimum Gasteiger partial charge on any atom is -0.331 e. The number of nitrogens with zero attached hydrogens (tertiary/aromatic N) is 2. The summed E-state index contributed by atoms with van der Waals surface area (Å²) in [5, 5.41) is 7.50. The number of nitrogens with one attached hydrogen (secondary N) is 1. The van der Waals surface area contributed by atoms with Crippen molar-refractivity contribution in [1.29, 1.82) is 0 Å². The molecule has 3 heterocycles. The van der Waals surface area contributed by atoms with Crippen LogP contribution < -0.4 is 0 Å². The quantitative estimate of drug-likeness (QED) is 0.888. The van der Waals surface area contributed by atoms with E-state index in [2.05, 4.69) is 15.1 Å². The number of hydrogen-bond donors (Lipinski definition) is 1. The minimum atomic E-state index is -0.187. The average molecular weight is 353 g/mol. The van der Waals surface area contributed by atoms with Crippen molar-refractivity contribution in [3.8, 4) is 0 Å². The molecule has 0 saturated carbocycles. The van der Waals surface area contributed by atoms with Crippen molar-refractivity contribution in [3.63, 3.8) is 0 Å². The number of carbonyl (C=O) groups excluding carboxylic acids is 1. The smallest absolute Gasteiger partial charge is 0.275 e. The van der Waals surface area contributed by atoms with E-state index in [1.54, 1.807) is 12.1 Å². The van der Waals surface area contributed by atoms with Crippen LogP contribution in [-0.2, 0) is 12.8 Å². The third kappa shape index (κ3) is 2.56. The van der Waals surface area contributed by atoms with Crippen molar-refractivity contribution >= 4 is 5.91 Å². The molecule has 2 aliphatic heterocycles. The molecule has 136 valence electrons. The highest BCUT2D eigenvalue weighted by molar-refractivity contribution is 5.94. The van der Waals surface area contributed by atoms with E-state index in [1.165, 1.54) is 12.0 Å². The number of aromatic nitrogens is 2. The number of fused-ring (bicyclic) bond motifs is 3. The van der Waals surface area contributed by atoms with Gasteiger partial charge in [0.2, 0.25) is 0 Å². The zero-order chi connectivity index (χ0) is 17.7. The number of amides is 1. The fraction of sp³-hybridized carbons (Fsp3) is 0.524. The molecule has 2 atom stereocenters. The molecule has 0 unspecified atom stereocenters. The van der Waals surface area contributed by atoms with Crippen molar-refractivity contribution < 1.29 is 9.18 Å². The van der Waals surface area contributed by atoms with Gasteiger partial charge in [-0.1, -0.05) is 12.1 Å². The second kappa shape index (κ2) is 6.22. The summed E-state index contributed by atoms with van der Waals surface area (Å²) in [5.41, 5.74) is 4.18. The molecule has 2 aromatic rings. The van der Waals surface area contributed by atoms with Crippen LogP contribution in [-0.4, -0.2) is 33.1 Å². The third-order valence-corrected chi connectivity index (χ3v) is 6.57. The number of hydrogen-bond acceptors (Lipinski definition) is 2. The molecule has 2 saturated heterocycles. The standard InChI is InChI=1S/C21H24FN3O/c22-15-7-5-13(6-8-15)14-11-16-9-10-17(12-14)25(16)21(26)20-18-3-1-2-4-19(18)23-24-20/h5-8,14,16-17H,1-4,9-12H2,(H,23,24)/t16-,17-/m1/s1. The molecule has 1 aromatic heterocycles.